The lowest BCUT2D eigenvalue weighted by Gasteiger charge is -2.08. The molecule has 7 nitrogen and oxygen atoms in total. The number of nitrogens with one attached hydrogen (secondary N) is 1. The molecule has 0 radical (unpaired) electrons. The lowest BCUT2D eigenvalue weighted by molar-refractivity contribution is 0.293. The van der Waals surface area contributed by atoms with E-state index < -0.39 is 0 Å². The normalized spacial score (nSPS) is 10.3. The highest BCUT2D eigenvalue weighted by molar-refractivity contribution is 5.95. The second kappa shape index (κ2) is 4.82. The predicted molar refractivity (Wildman–Crippen MR) is 65.3 cm³/mol. The fourth-order valence-electron chi connectivity index (χ4n) is 1.45. The quantitative estimate of drug-likeness (QED) is 0.599. The Morgan fingerprint density at radius 3 is 2.89 bits per heavy atom. The van der Waals surface area contributed by atoms with Crippen molar-refractivity contribution >= 4 is 5.84 Å². The minimum atomic E-state index is 0.0116. The van der Waals surface area contributed by atoms with Crippen molar-refractivity contribution < 1.29 is 4.74 Å². The summed E-state index contributed by atoms with van der Waals surface area (Å²) in [5, 5.41) is 18.9. The summed E-state index contributed by atoms with van der Waals surface area (Å²) in [6.45, 7) is 2.15. The fourth-order valence-corrected chi connectivity index (χ4v) is 1.45. The van der Waals surface area contributed by atoms with E-state index in [1.54, 1.807) is 19.2 Å². The number of tetrazole rings is 1. The van der Waals surface area contributed by atoms with Crippen LogP contribution in [-0.2, 0) is 13.7 Å². The zero-order chi connectivity index (χ0) is 13.1. The van der Waals surface area contributed by atoms with Gasteiger partial charge in [0.05, 0.1) is 7.05 Å². The van der Waals surface area contributed by atoms with E-state index in [0.717, 1.165) is 5.56 Å². The van der Waals surface area contributed by atoms with E-state index in [2.05, 4.69) is 15.4 Å². The molecule has 2 aromatic rings. The number of hydrogen-bond donors (Lipinski definition) is 2. The van der Waals surface area contributed by atoms with Crippen LogP contribution in [0, 0.1) is 12.3 Å². The molecule has 0 aliphatic carbocycles. The molecule has 0 atom stereocenters. The van der Waals surface area contributed by atoms with Crippen molar-refractivity contribution in [3.8, 4) is 5.75 Å². The molecule has 94 valence electrons. The Hall–Kier alpha value is -2.44. The Labute approximate surface area is 104 Å². The molecule has 7 heteroatoms. The maximum absolute atomic E-state index is 7.39. The van der Waals surface area contributed by atoms with Crippen LogP contribution in [0.2, 0.25) is 0 Å². The molecule has 0 bridgehead atoms. The smallest absolute Gasteiger partial charge is 0.212 e. The second-order valence-corrected chi connectivity index (χ2v) is 3.88. The Morgan fingerprint density at radius 2 is 2.28 bits per heavy atom. The maximum Gasteiger partial charge on any atom is 0.212 e. The minimum Gasteiger partial charge on any atom is -0.485 e. The monoisotopic (exact) mass is 246 g/mol. The molecule has 18 heavy (non-hydrogen) atoms. The van der Waals surface area contributed by atoms with E-state index in [9.17, 15) is 0 Å². The summed E-state index contributed by atoms with van der Waals surface area (Å²) >= 11 is 0. The largest absolute Gasteiger partial charge is 0.485 e. The van der Waals surface area contributed by atoms with Gasteiger partial charge in [-0.3, -0.25) is 5.41 Å². The van der Waals surface area contributed by atoms with Gasteiger partial charge in [0.2, 0.25) is 5.82 Å². The number of benzene rings is 1. The zero-order valence-electron chi connectivity index (χ0n) is 10.2. The molecule has 0 unspecified atom stereocenters. The first-order valence-electron chi connectivity index (χ1n) is 5.37. The summed E-state index contributed by atoms with van der Waals surface area (Å²) in [6, 6.07) is 5.37. The average molecular weight is 246 g/mol. The summed E-state index contributed by atoms with van der Waals surface area (Å²) < 4.78 is 5.60. The van der Waals surface area contributed by atoms with Crippen LogP contribution in [0.5, 0.6) is 5.75 Å². The van der Waals surface area contributed by atoms with Gasteiger partial charge in [-0.1, -0.05) is 12.1 Å². The van der Waals surface area contributed by atoms with Crippen LogP contribution in [-0.4, -0.2) is 26.0 Å². The molecule has 2 rings (SSSR count). The fraction of sp³-hybridized carbons (Fsp3) is 0.273. The van der Waals surface area contributed by atoms with Crippen LogP contribution in [0.15, 0.2) is 18.2 Å². The van der Waals surface area contributed by atoms with Gasteiger partial charge in [0.25, 0.3) is 0 Å². The number of amidine groups is 1. The molecule has 0 saturated heterocycles. The van der Waals surface area contributed by atoms with Crippen molar-refractivity contribution in [3.63, 3.8) is 0 Å². The van der Waals surface area contributed by atoms with E-state index >= 15 is 0 Å². The second-order valence-electron chi connectivity index (χ2n) is 3.88. The first-order chi connectivity index (χ1) is 8.56. The number of nitrogens with two attached hydrogens (primary N) is 1. The maximum atomic E-state index is 7.39. The Bertz CT molecular complexity index is 577. The molecule has 1 heterocycles. The lowest BCUT2D eigenvalue weighted by atomic mass is 10.1. The average Bonchev–Trinajstić information content (AvgIpc) is 2.74. The molecule has 0 fully saturated rings. The molecule has 1 aromatic carbocycles. The Morgan fingerprint density at radius 1 is 1.50 bits per heavy atom. The van der Waals surface area contributed by atoms with Crippen molar-refractivity contribution in [2.45, 2.75) is 13.5 Å². The molecule has 0 aliphatic heterocycles. The molecule has 0 amide bonds. The van der Waals surface area contributed by atoms with E-state index in [1.165, 1.54) is 4.80 Å². The SMILES string of the molecule is Cc1ccc(C(=N)N)cc1OCc1nnn(C)n1. The van der Waals surface area contributed by atoms with Crippen molar-refractivity contribution in [2.75, 3.05) is 0 Å². The van der Waals surface area contributed by atoms with Gasteiger partial charge in [0.1, 0.15) is 11.6 Å². The lowest BCUT2D eigenvalue weighted by Crippen LogP contribution is -2.11. The number of aryl methyl sites for hydroxylation is 2. The molecular weight excluding hydrogens is 232 g/mol. The van der Waals surface area contributed by atoms with Gasteiger partial charge in [0, 0.05) is 5.56 Å². The van der Waals surface area contributed by atoms with Gasteiger partial charge in [-0.05, 0) is 23.8 Å². The van der Waals surface area contributed by atoms with E-state index in [0.29, 0.717) is 17.1 Å². The first kappa shape index (κ1) is 12.0. The zero-order valence-corrected chi connectivity index (χ0v) is 10.2. The van der Waals surface area contributed by atoms with Crippen molar-refractivity contribution in [3.05, 3.63) is 35.2 Å². The number of nitrogen functional groups attached to an aromatic ring is 1. The van der Waals surface area contributed by atoms with Gasteiger partial charge in [0.15, 0.2) is 6.61 Å². The summed E-state index contributed by atoms with van der Waals surface area (Å²) in [5.74, 6) is 1.18. The number of hydrogen-bond acceptors (Lipinski definition) is 5. The summed E-state index contributed by atoms with van der Waals surface area (Å²) in [5.41, 5.74) is 7.02. The molecule has 0 saturated carbocycles. The van der Waals surface area contributed by atoms with Crippen LogP contribution in [0.1, 0.15) is 17.0 Å². The van der Waals surface area contributed by atoms with Gasteiger partial charge < -0.3 is 10.5 Å². The summed E-state index contributed by atoms with van der Waals surface area (Å²) in [7, 11) is 1.69. The third-order valence-electron chi connectivity index (χ3n) is 2.41. The Kier molecular flexibility index (Phi) is 3.22. The molecule has 3 N–H and O–H groups in total. The third-order valence-corrected chi connectivity index (χ3v) is 2.41. The predicted octanol–water partition coefficient (Wildman–Crippen LogP) is 0.382. The highest BCUT2D eigenvalue weighted by Crippen LogP contribution is 2.20. The van der Waals surface area contributed by atoms with Crippen molar-refractivity contribution in [2.24, 2.45) is 12.8 Å². The van der Waals surface area contributed by atoms with Gasteiger partial charge >= 0.3 is 0 Å². The van der Waals surface area contributed by atoms with Crippen LogP contribution in [0.4, 0.5) is 0 Å². The molecule has 1 aromatic heterocycles. The first-order valence-corrected chi connectivity index (χ1v) is 5.37. The number of aromatic nitrogens is 4. The van der Waals surface area contributed by atoms with E-state index in [-0.39, 0.29) is 12.4 Å². The molecular formula is C11H14N6O. The minimum absolute atomic E-state index is 0.0116. The molecule has 0 spiro atoms. The summed E-state index contributed by atoms with van der Waals surface area (Å²) in [4.78, 5) is 1.37. The van der Waals surface area contributed by atoms with Crippen LogP contribution in [0.3, 0.4) is 0 Å². The van der Waals surface area contributed by atoms with Crippen LogP contribution in [0.25, 0.3) is 0 Å². The highest BCUT2D eigenvalue weighted by atomic mass is 16.5. The topological polar surface area (TPSA) is 103 Å². The Balaban J connectivity index is 2.13. The van der Waals surface area contributed by atoms with Gasteiger partial charge in [-0.15, -0.1) is 10.2 Å². The number of ether oxygens (including phenoxy) is 1. The third kappa shape index (κ3) is 2.62. The summed E-state index contributed by atoms with van der Waals surface area (Å²) in [6.07, 6.45) is 0. The van der Waals surface area contributed by atoms with E-state index in [4.69, 9.17) is 15.9 Å². The van der Waals surface area contributed by atoms with E-state index in [1.807, 2.05) is 13.0 Å². The highest BCUT2D eigenvalue weighted by Gasteiger charge is 2.06. The van der Waals surface area contributed by atoms with Crippen LogP contribution >= 0.6 is 0 Å². The van der Waals surface area contributed by atoms with Crippen LogP contribution < -0.4 is 10.5 Å². The number of rotatable bonds is 4. The van der Waals surface area contributed by atoms with Crippen molar-refractivity contribution in [1.29, 1.82) is 5.41 Å². The standard InChI is InChI=1S/C11H14N6O/c1-7-3-4-8(11(12)13)5-9(7)18-6-10-14-16-17(2)15-10/h3-5H,6H2,1-2H3,(H3,12,13). The van der Waals surface area contributed by atoms with Crippen molar-refractivity contribution in [1.82, 2.24) is 20.2 Å². The van der Waals surface area contributed by atoms with Gasteiger partial charge in [-0.2, -0.15) is 4.80 Å². The van der Waals surface area contributed by atoms with Gasteiger partial charge in [-0.25, -0.2) is 0 Å². The molecule has 0 aliphatic rings. The number of nitrogens with zero attached hydrogens (tertiary/aromatic N) is 4.